The number of hydrogen-bond acceptors (Lipinski definition) is 5. The summed E-state index contributed by atoms with van der Waals surface area (Å²) < 4.78 is 72.4. The number of nitrogens with zero attached hydrogens (tertiary/aromatic N) is 3. The van der Waals surface area contributed by atoms with Crippen molar-refractivity contribution in [3.63, 3.8) is 0 Å². The van der Waals surface area contributed by atoms with Crippen LogP contribution in [0.1, 0.15) is 30.1 Å². The second kappa shape index (κ2) is 8.76. The highest BCUT2D eigenvalue weighted by Crippen LogP contribution is 2.46. The molecule has 0 atom stereocenters. The number of nitrogens with one attached hydrogen (secondary N) is 1. The molecule has 2 aromatic rings. The molecule has 0 radical (unpaired) electrons. The Morgan fingerprint density at radius 3 is 2.38 bits per heavy atom. The number of rotatable bonds is 6. The van der Waals surface area contributed by atoms with Crippen molar-refractivity contribution < 1.29 is 31.1 Å². The number of benzene rings is 1. The van der Waals surface area contributed by atoms with Gasteiger partial charge in [-0.25, -0.2) is 8.42 Å². The van der Waals surface area contributed by atoms with E-state index in [0.717, 1.165) is 17.5 Å². The number of alkyl halides is 3. The first kappa shape index (κ1) is 23.2. The molecule has 0 spiro atoms. The van der Waals surface area contributed by atoms with Crippen LogP contribution in [0.25, 0.3) is 0 Å². The van der Waals surface area contributed by atoms with Gasteiger partial charge < -0.3 is 10.1 Å². The van der Waals surface area contributed by atoms with Crippen molar-refractivity contribution in [1.82, 2.24) is 14.1 Å². The van der Waals surface area contributed by atoms with Gasteiger partial charge in [-0.15, -0.1) is 0 Å². The molecule has 8 nitrogen and oxygen atoms in total. The summed E-state index contributed by atoms with van der Waals surface area (Å²) in [4.78, 5) is 12.6. The maximum Gasteiger partial charge on any atom is 0.436 e. The van der Waals surface area contributed by atoms with Crippen LogP contribution < -0.4 is 5.32 Å². The topological polar surface area (TPSA) is 93.5 Å². The van der Waals surface area contributed by atoms with Gasteiger partial charge in [-0.3, -0.25) is 9.48 Å². The van der Waals surface area contributed by atoms with Crippen LogP contribution in [0.3, 0.4) is 0 Å². The van der Waals surface area contributed by atoms with Gasteiger partial charge in [0, 0.05) is 24.7 Å². The average Bonchev–Trinajstić information content (AvgIpc) is 3.51. The van der Waals surface area contributed by atoms with Crippen molar-refractivity contribution in [2.24, 2.45) is 0 Å². The number of hydrogen-bond donors (Lipinski definition) is 1. The Morgan fingerprint density at radius 1 is 1.19 bits per heavy atom. The molecule has 1 N–H and O–H groups in total. The predicted octanol–water partition coefficient (Wildman–Crippen LogP) is 3.20. The van der Waals surface area contributed by atoms with Crippen molar-refractivity contribution in [3.8, 4) is 0 Å². The van der Waals surface area contributed by atoms with Crippen LogP contribution in [-0.4, -0.2) is 54.7 Å². The third-order valence-electron chi connectivity index (χ3n) is 5.20. The highest BCUT2D eigenvalue weighted by atomic mass is 79.9. The highest BCUT2D eigenvalue weighted by molar-refractivity contribution is 9.10. The second-order valence-electron chi connectivity index (χ2n) is 7.57. The number of carbonyl (C=O) groups is 1. The summed E-state index contributed by atoms with van der Waals surface area (Å²) >= 11 is 2.99. The summed E-state index contributed by atoms with van der Waals surface area (Å²) in [5.41, 5.74) is -0.365. The largest absolute Gasteiger partial charge is 0.436 e. The Labute approximate surface area is 190 Å². The van der Waals surface area contributed by atoms with Gasteiger partial charge in [0.2, 0.25) is 15.9 Å². The fourth-order valence-electron chi connectivity index (χ4n) is 3.48. The standard InChI is InChI=1S/C19H20BrF3N4O4S/c20-16-17(12-1-2-12)27(25-18(16)19(21,22)23)11-15(28)24-13-3-5-14(6-4-13)32(29,30)26-7-9-31-10-8-26/h3-6,12H,1-2,7-11H2,(H,24,28). The van der Waals surface area contributed by atoms with Crippen LogP contribution in [0.4, 0.5) is 18.9 Å². The molecule has 13 heteroatoms. The van der Waals surface area contributed by atoms with E-state index in [1.807, 2.05) is 0 Å². The molecule has 2 heterocycles. The van der Waals surface area contributed by atoms with Gasteiger partial charge in [-0.05, 0) is 53.0 Å². The van der Waals surface area contributed by atoms with Crippen LogP contribution in [0.15, 0.2) is 33.6 Å². The van der Waals surface area contributed by atoms with Gasteiger partial charge in [0.05, 0.1) is 28.3 Å². The third kappa shape index (κ3) is 4.85. The monoisotopic (exact) mass is 536 g/mol. The number of sulfonamides is 1. The van der Waals surface area contributed by atoms with Crippen molar-refractivity contribution >= 4 is 37.5 Å². The van der Waals surface area contributed by atoms with E-state index < -0.39 is 34.3 Å². The fourth-order valence-corrected chi connectivity index (χ4v) is 5.72. The number of carbonyl (C=O) groups excluding carboxylic acids is 1. The molecule has 1 saturated carbocycles. The average molecular weight is 537 g/mol. The van der Waals surface area contributed by atoms with Crippen LogP contribution in [-0.2, 0) is 32.3 Å². The predicted molar refractivity (Wildman–Crippen MR) is 112 cm³/mol. The van der Waals surface area contributed by atoms with Crippen molar-refractivity contribution in [2.45, 2.75) is 36.4 Å². The lowest BCUT2D eigenvalue weighted by Gasteiger charge is -2.26. The van der Waals surface area contributed by atoms with E-state index in [-0.39, 0.29) is 28.4 Å². The minimum atomic E-state index is -4.63. The molecule has 1 aliphatic carbocycles. The number of morpholine rings is 1. The third-order valence-corrected chi connectivity index (χ3v) is 7.90. The molecule has 174 valence electrons. The van der Waals surface area contributed by atoms with Gasteiger partial charge in [-0.1, -0.05) is 0 Å². The number of anilines is 1. The Hall–Kier alpha value is -1.96. The van der Waals surface area contributed by atoms with E-state index in [0.29, 0.717) is 24.6 Å². The van der Waals surface area contributed by atoms with Gasteiger partial charge in [0.15, 0.2) is 5.69 Å². The minimum Gasteiger partial charge on any atom is -0.379 e. The molecule has 1 saturated heterocycles. The number of ether oxygens (including phenoxy) is 1. The first-order chi connectivity index (χ1) is 15.1. The second-order valence-corrected chi connectivity index (χ2v) is 10.3. The lowest BCUT2D eigenvalue weighted by atomic mass is 10.2. The summed E-state index contributed by atoms with van der Waals surface area (Å²) in [6.45, 7) is 0.799. The zero-order valence-corrected chi connectivity index (χ0v) is 19.1. The molecular weight excluding hydrogens is 517 g/mol. The van der Waals surface area contributed by atoms with Crippen molar-refractivity contribution in [3.05, 3.63) is 40.1 Å². The molecule has 1 aliphatic heterocycles. The lowest BCUT2D eigenvalue weighted by Crippen LogP contribution is -2.40. The summed E-state index contributed by atoms with van der Waals surface area (Å²) in [6.07, 6.45) is -3.16. The first-order valence-corrected chi connectivity index (χ1v) is 12.1. The van der Waals surface area contributed by atoms with E-state index in [2.05, 4.69) is 26.3 Å². The van der Waals surface area contributed by atoms with Crippen LogP contribution in [0.5, 0.6) is 0 Å². The molecular formula is C19H20BrF3N4O4S. The SMILES string of the molecule is O=C(Cn1nc(C(F)(F)F)c(Br)c1C1CC1)Nc1ccc(S(=O)(=O)N2CCOCC2)cc1. The quantitative estimate of drug-likeness (QED) is 0.611. The van der Waals surface area contributed by atoms with Gasteiger partial charge >= 0.3 is 6.18 Å². The molecule has 2 fully saturated rings. The lowest BCUT2D eigenvalue weighted by molar-refractivity contribution is -0.142. The van der Waals surface area contributed by atoms with Crippen LogP contribution in [0, 0.1) is 0 Å². The Kier molecular flexibility index (Phi) is 6.36. The van der Waals surface area contributed by atoms with E-state index in [1.54, 1.807) is 0 Å². The summed E-state index contributed by atoms with van der Waals surface area (Å²) in [6, 6.07) is 5.63. The molecule has 1 aromatic heterocycles. The van der Waals surface area contributed by atoms with Crippen LogP contribution >= 0.6 is 15.9 Å². The molecule has 0 unspecified atom stereocenters. The van der Waals surface area contributed by atoms with Crippen molar-refractivity contribution in [2.75, 3.05) is 31.6 Å². The van der Waals surface area contributed by atoms with Gasteiger partial charge in [0.25, 0.3) is 0 Å². The van der Waals surface area contributed by atoms with E-state index >= 15 is 0 Å². The zero-order valence-electron chi connectivity index (χ0n) is 16.7. The highest BCUT2D eigenvalue weighted by Gasteiger charge is 2.42. The Balaban J connectivity index is 1.46. The maximum absolute atomic E-state index is 13.2. The van der Waals surface area contributed by atoms with E-state index in [1.165, 1.54) is 28.6 Å². The summed E-state index contributed by atoms with van der Waals surface area (Å²) in [5.74, 6) is -0.634. The number of amides is 1. The minimum absolute atomic E-state index is 0.0644. The smallest absolute Gasteiger partial charge is 0.379 e. The normalized spacial score (nSPS) is 18.0. The van der Waals surface area contributed by atoms with Crippen LogP contribution in [0.2, 0.25) is 0 Å². The molecule has 4 rings (SSSR count). The number of halogens is 4. The molecule has 1 amide bonds. The van der Waals surface area contributed by atoms with Gasteiger partial charge in [-0.2, -0.15) is 22.6 Å². The Morgan fingerprint density at radius 2 is 1.81 bits per heavy atom. The van der Waals surface area contributed by atoms with E-state index in [4.69, 9.17) is 4.74 Å². The first-order valence-electron chi connectivity index (χ1n) is 9.88. The zero-order chi connectivity index (χ0) is 23.1. The molecule has 2 aliphatic rings. The molecule has 32 heavy (non-hydrogen) atoms. The number of aromatic nitrogens is 2. The molecule has 1 aromatic carbocycles. The fraction of sp³-hybridized carbons (Fsp3) is 0.474. The maximum atomic E-state index is 13.2. The molecule has 0 bridgehead atoms. The Bertz CT molecular complexity index is 1110. The summed E-state index contributed by atoms with van der Waals surface area (Å²) in [7, 11) is -3.67. The van der Waals surface area contributed by atoms with Crippen molar-refractivity contribution in [1.29, 1.82) is 0 Å². The summed E-state index contributed by atoms with van der Waals surface area (Å²) in [5, 5.41) is 6.19. The van der Waals surface area contributed by atoms with Gasteiger partial charge in [0.1, 0.15) is 6.54 Å². The van der Waals surface area contributed by atoms with E-state index in [9.17, 15) is 26.4 Å².